The van der Waals surface area contributed by atoms with Crippen LogP contribution in [0.1, 0.15) is 49.8 Å². The Kier molecular flexibility index (Phi) is 4.82. The highest BCUT2D eigenvalue weighted by molar-refractivity contribution is 5.74. The monoisotopic (exact) mass is 270 g/mol. The molecule has 20 heavy (non-hydrogen) atoms. The highest BCUT2D eigenvalue weighted by Gasteiger charge is 2.15. The minimum absolute atomic E-state index is 0.250. The number of aliphatic hydroxyl groups is 1. The Morgan fingerprint density at radius 1 is 1.00 bits per heavy atom. The second kappa shape index (κ2) is 6.41. The van der Waals surface area contributed by atoms with Crippen LogP contribution in [-0.2, 0) is 6.42 Å². The average Bonchev–Trinajstić information content (AvgIpc) is 2.62. The molecule has 0 saturated carbocycles. The van der Waals surface area contributed by atoms with Crippen LogP contribution in [0.3, 0.4) is 0 Å². The molecule has 0 aromatic heterocycles. The van der Waals surface area contributed by atoms with E-state index in [1.165, 1.54) is 27.8 Å². The number of aryl methyl sites for hydroxylation is 1. The fraction of sp³-hybridized carbons (Fsp3) is 0.474. The predicted molar refractivity (Wildman–Crippen MR) is 86.5 cm³/mol. The molecule has 2 aliphatic carbocycles. The second-order valence-corrected chi connectivity index (χ2v) is 6.36. The number of hydrogen-bond donors (Lipinski definition) is 1. The molecule has 0 aliphatic heterocycles. The number of fused-ring (bicyclic) bond motifs is 1. The number of aliphatic hydroxyl groups excluding tert-OH is 1. The second-order valence-electron chi connectivity index (χ2n) is 6.36. The third-order valence-electron chi connectivity index (χ3n) is 4.07. The van der Waals surface area contributed by atoms with Crippen molar-refractivity contribution in [3.63, 3.8) is 0 Å². The Morgan fingerprint density at radius 3 is 2.40 bits per heavy atom. The van der Waals surface area contributed by atoms with Crippen molar-refractivity contribution in [2.24, 2.45) is 5.92 Å². The fourth-order valence-corrected chi connectivity index (χ4v) is 2.94. The molecule has 0 aromatic rings. The van der Waals surface area contributed by atoms with Crippen molar-refractivity contribution >= 4 is 0 Å². The molecule has 0 fully saturated rings. The Hall–Kier alpha value is -1.34. The van der Waals surface area contributed by atoms with Crippen LogP contribution in [0, 0.1) is 12.8 Å². The highest BCUT2D eigenvalue weighted by Crippen LogP contribution is 2.35. The maximum absolute atomic E-state index is 9.21. The standard InChI is InChI=1S/C19H26O/c1-13(2)11-16-6-8-17(15(4)9-10-20)18-7-5-14(3)19(18)12-16/h5-8,12-13,15,20H,9-11H2,1-4H3. The summed E-state index contributed by atoms with van der Waals surface area (Å²) in [5.74, 6) is 1.06. The molecule has 1 unspecified atom stereocenters. The van der Waals surface area contributed by atoms with Crippen LogP contribution in [0.5, 0.6) is 0 Å². The van der Waals surface area contributed by atoms with Gasteiger partial charge in [-0.2, -0.15) is 0 Å². The quantitative estimate of drug-likeness (QED) is 0.828. The van der Waals surface area contributed by atoms with Crippen LogP contribution in [0.2, 0.25) is 0 Å². The highest BCUT2D eigenvalue weighted by atomic mass is 16.3. The predicted octanol–water partition coefficient (Wildman–Crippen LogP) is 4.78. The van der Waals surface area contributed by atoms with Gasteiger partial charge in [-0.1, -0.05) is 51.1 Å². The first-order valence-corrected chi connectivity index (χ1v) is 7.66. The van der Waals surface area contributed by atoms with Crippen molar-refractivity contribution < 1.29 is 5.11 Å². The zero-order chi connectivity index (χ0) is 14.7. The number of rotatable bonds is 5. The van der Waals surface area contributed by atoms with E-state index >= 15 is 0 Å². The van der Waals surface area contributed by atoms with Crippen LogP contribution in [-0.4, -0.2) is 11.7 Å². The van der Waals surface area contributed by atoms with Crippen molar-refractivity contribution in [2.75, 3.05) is 6.61 Å². The summed E-state index contributed by atoms with van der Waals surface area (Å²) in [6.45, 7) is 9.16. The van der Waals surface area contributed by atoms with Gasteiger partial charge in [-0.25, -0.2) is 0 Å². The van der Waals surface area contributed by atoms with Gasteiger partial charge in [-0.3, -0.25) is 0 Å². The molecule has 1 heteroatoms. The van der Waals surface area contributed by atoms with Gasteiger partial charge in [-0.15, -0.1) is 0 Å². The fourth-order valence-electron chi connectivity index (χ4n) is 2.94. The van der Waals surface area contributed by atoms with Crippen molar-refractivity contribution in [2.45, 2.75) is 46.5 Å². The van der Waals surface area contributed by atoms with Crippen LogP contribution in [0.25, 0.3) is 11.1 Å². The van der Waals surface area contributed by atoms with Gasteiger partial charge in [0.05, 0.1) is 0 Å². The van der Waals surface area contributed by atoms with Crippen LogP contribution in [0.15, 0.2) is 30.3 Å². The molecule has 0 amide bonds. The summed E-state index contributed by atoms with van der Waals surface area (Å²) in [7, 11) is 0. The van der Waals surface area contributed by atoms with E-state index < -0.39 is 0 Å². The molecule has 0 radical (unpaired) electrons. The Balaban J connectivity index is 2.51. The van der Waals surface area contributed by atoms with Gasteiger partial charge in [0.2, 0.25) is 0 Å². The largest absolute Gasteiger partial charge is 0.396 e. The molecule has 2 aliphatic rings. The van der Waals surface area contributed by atoms with Gasteiger partial charge in [0.25, 0.3) is 0 Å². The van der Waals surface area contributed by atoms with Gasteiger partial charge in [0, 0.05) is 6.61 Å². The molecular formula is C19H26O. The molecule has 1 atom stereocenters. The lowest BCUT2D eigenvalue weighted by Crippen LogP contribution is -1.97. The van der Waals surface area contributed by atoms with Crippen molar-refractivity contribution in [1.29, 1.82) is 0 Å². The van der Waals surface area contributed by atoms with Gasteiger partial charge in [0.1, 0.15) is 0 Å². The Morgan fingerprint density at radius 2 is 1.75 bits per heavy atom. The summed E-state index contributed by atoms with van der Waals surface area (Å²) in [4.78, 5) is 0. The molecule has 0 aromatic carbocycles. The molecule has 108 valence electrons. The Labute approximate surface area is 123 Å². The van der Waals surface area contributed by atoms with Crippen molar-refractivity contribution in [3.8, 4) is 11.1 Å². The summed E-state index contributed by atoms with van der Waals surface area (Å²) in [6.07, 6.45) is 1.94. The van der Waals surface area contributed by atoms with E-state index in [0.29, 0.717) is 11.8 Å². The first-order valence-electron chi connectivity index (χ1n) is 7.66. The third kappa shape index (κ3) is 3.21. The molecule has 0 heterocycles. The topological polar surface area (TPSA) is 20.2 Å². The van der Waals surface area contributed by atoms with Crippen LogP contribution in [0.4, 0.5) is 0 Å². The smallest absolute Gasteiger partial charge is 0.0436 e. The lowest BCUT2D eigenvalue weighted by Gasteiger charge is -2.12. The minimum atomic E-state index is 0.250. The summed E-state index contributed by atoms with van der Waals surface area (Å²) in [5, 5.41) is 9.21. The maximum atomic E-state index is 9.21. The SMILES string of the molecule is Cc1ccc2c(C(C)CCO)ccc(CC(C)C)cc1-2. The van der Waals surface area contributed by atoms with E-state index in [9.17, 15) is 5.11 Å². The molecule has 0 saturated heterocycles. The summed E-state index contributed by atoms with van der Waals surface area (Å²) in [6, 6.07) is 11.3. The zero-order valence-electron chi connectivity index (χ0n) is 13.1. The van der Waals surface area contributed by atoms with E-state index in [2.05, 4.69) is 58.0 Å². The molecular weight excluding hydrogens is 244 g/mol. The molecule has 2 rings (SSSR count). The molecule has 0 spiro atoms. The van der Waals surface area contributed by atoms with Gasteiger partial charge < -0.3 is 5.11 Å². The first-order chi connectivity index (χ1) is 9.52. The molecule has 0 bridgehead atoms. The zero-order valence-corrected chi connectivity index (χ0v) is 13.1. The normalized spacial score (nSPS) is 13.1. The lowest BCUT2D eigenvalue weighted by molar-refractivity contribution is 0.279. The van der Waals surface area contributed by atoms with E-state index in [4.69, 9.17) is 0 Å². The van der Waals surface area contributed by atoms with Crippen LogP contribution >= 0.6 is 0 Å². The van der Waals surface area contributed by atoms with Crippen LogP contribution < -0.4 is 0 Å². The third-order valence-corrected chi connectivity index (χ3v) is 4.07. The number of hydrogen-bond acceptors (Lipinski definition) is 1. The first kappa shape index (κ1) is 15.1. The Bertz CT molecular complexity index is 542. The minimum Gasteiger partial charge on any atom is -0.396 e. The summed E-state index contributed by atoms with van der Waals surface area (Å²) >= 11 is 0. The summed E-state index contributed by atoms with van der Waals surface area (Å²) < 4.78 is 0. The molecule has 1 nitrogen and oxygen atoms in total. The van der Waals surface area contributed by atoms with Gasteiger partial charge in [-0.05, 0) is 59.4 Å². The van der Waals surface area contributed by atoms with Crippen molar-refractivity contribution in [3.05, 3.63) is 47.0 Å². The van der Waals surface area contributed by atoms with E-state index in [0.717, 1.165) is 12.8 Å². The van der Waals surface area contributed by atoms with E-state index in [-0.39, 0.29) is 6.61 Å². The van der Waals surface area contributed by atoms with E-state index in [1.807, 2.05) is 0 Å². The van der Waals surface area contributed by atoms with E-state index in [1.54, 1.807) is 0 Å². The maximum Gasteiger partial charge on any atom is 0.0436 e. The lowest BCUT2D eigenvalue weighted by atomic mass is 9.93. The van der Waals surface area contributed by atoms with Gasteiger partial charge in [0.15, 0.2) is 0 Å². The van der Waals surface area contributed by atoms with Crippen molar-refractivity contribution in [1.82, 2.24) is 0 Å². The summed E-state index contributed by atoms with van der Waals surface area (Å²) in [5.41, 5.74) is 6.82. The average molecular weight is 270 g/mol. The van der Waals surface area contributed by atoms with Gasteiger partial charge >= 0.3 is 0 Å². The molecule has 1 N–H and O–H groups in total.